The van der Waals surface area contributed by atoms with E-state index in [-0.39, 0.29) is 5.91 Å². The lowest BCUT2D eigenvalue weighted by Crippen LogP contribution is -2.41. The Morgan fingerprint density at radius 2 is 2.06 bits per heavy atom. The van der Waals surface area contributed by atoms with E-state index in [4.69, 9.17) is 4.52 Å². The van der Waals surface area contributed by atoms with Gasteiger partial charge in [0.25, 0.3) is 5.91 Å². The van der Waals surface area contributed by atoms with Crippen molar-refractivity contribution in [3.63, 3.8) is 0 Å². The molecule has 0 radical (unpaired) electrons. The van der Waals surface area contributed by atoms with Crippen LogP contribution in [0.4, 0.5) is 0 Å². The lowest BCUT2D eigenvalue weighted by molar-refractivity contribution is 0.0908. The number of hydrogen-bond donors (Lipinski definition) is 1. The lowest BCUT2D eigenvalue weighted by atomic mass is 9.86. The molecule has 0 aromatic carbocycles. The molecule has 0 bridgehead atoms. The van der Waals surface area contributed by atoms with Crippen molar-refractivity contribution in [1.82, 2.24) is 10.5 Å². The molecule has 0 saturated heterocycles. The fourth-order valence-corrected chi connectivity index (χ4v) is 2.58. The number of carbonyl (C=O) groups excluding carboxylic acids is 1. The van der Waals surface area contributed by atoms with Crippen molar-refractivity contribution in [2.45, 2.75) is 52.5 Å². The standard InChI is InChI=1S/C13H20N2O2/c1-8-6-4-5-7-11(8)14-13(16)12-9(2)15-17-10(12)3/h8,11H,4-7H2,1-3H3,(H,14,16)/t8-,11+/m0/s1. The van der Waals surface area contributed by atoms with Crippen molar-refractivity contribution >= 4 is 5.91 Å². The number of carbonyl (C=O) groups is 1. The van der Waals surface area contributed by atoms with Crippen molar-refractivity contribution in [2.75, 3.05) is 0 Å². The van der Waals surface area contributed by atoms with E-state index >= 15 is 0 Å². The summed E-state index contributed by atoms with van der Waals surface area (Å²) in [5.41, 5.74) is 1.27. The molecule has 4 nitrogen and oxygen atoms in total. The summed E-state index contributed by atoms with van der Waals surface area (Å²) in [6.45, 7) is 5.78. The molecule has 1 aromatic rings. The molecule has 4 heteroatoms. The van der Waals surface area contributed by atoms with Gasteiger partial charge in [0.05, 0.1) is 5.69 Å². The maximum Gasteiger partial charge on any atom is 0.257 e. The van der Waals surface area contributed by atoms with Gasteiger partial charge in [-0.2, -0.15) is 0 Å². The number of aryl methyl sites for hydroxylation is 2. The van der Waals surface area contributed by atoms with Crippen LogP contribution < -0.4 is 5.32 Å². The molecule has 2 atom stereocenters. The molecule has 1 amide bonds. The maximum atomic E-state index is 12.2. The molecular weight excluding hydrogens is 216 g/mol. The SMILES string of the molecule is Cc1noc(C)c1C(=O)N[C@@H]1CCCC[C@@H]1C. The first-order valence-corrected chi connectivity index (χ1v) is 6.33. The van der Waals surface area contributed by atoms with Gasteiger partial charge in [0.15, 0.2) is 0 Å². The van der Waals surface area contributed by atoms with E-state index < -0.39 is 0 Å². The summed E-state index contributed by atoms with van der Waals surface area (Å²) >= 11 is 0. The van der Waals surface area contributed by atoms with Crippen LogP contribution in [0.25, 0.3) is 0 Å². The zero-order valence-corrected chi connectivity index (χ0v) is 10.7. The highest BCUT2D eigenvalue weighted by Gasteiger charge is 2.25. The zero-order chi connectivity index (χ0) is 12.4. The third kappa shape index (κ3) is 2.51. The van der Waals surface area contributed by atoms with Crippen LogP contribution >= 0.6 is 0 Å². The van der Waals surface area contributed by atoms with Gasteiger partial charge < -0.3 is 9.84 Å². The summed E-state index contributed by atoms with van der Waals surface area (Å²) in [5, 5.41) is 6.93. The first kappa shape index (κ1) is 12.1. The number of aromatic nitrogens is 1. The summed E-state index contributed by atoms with van der Waals surface area (Å²) in [5.74, 6) is 1.12. The molecular formula is C13H20N2O2. The van der Waals surface area contributed by atoms with Crippen molar-refractivity contribution in [3.05, 3.63) is 17.0 Å². The molecule has 1 aliphatic rings. The Morgan fingerprint density at radius 3 is 2.65 bits per heavy atom. The lowest BCUT2D eigenvalue weighted by Gasteiger charge is -2.29. The molecule has 1 heterocycles. The van der Waals surface area contributed by atoms with Crippen molar-refractivity contribution in [3.8, 4) is 0 Å². The van der Waals surface area contributed by atoms with Crippen LogP contribution in [0.5, 0.6) is 0 Å². The Bertz CT molecular complexity index is 392. The highest BCUT2D eigenvalue weighted by atomic mass is 16.5. The molecule has 2 rings (SSSR count). The first-order valence-electron chi connectivity index (χ1n) is 6.33. The van der Waals surface area contributed by atoms with Gasteiger partial charge in [-0.05, 0) is 32.6 Å². The van der Waals surface area contributed by atoms with Crippen LogP contribution in [-0.4, -0.2) is 17.1 Å². The van der Waals surface area contributed by atoms with E-state index in [1.807, 2.05) is 0 Å². The fraction of sp³-hybridized carbons (Fsp3) is 0.692. The molecule has 0 spiro atoms. The Labute approximate surface area is 102 Å². The minimum Gasteiger partial charge on any atom is -0.361 e. The second-order valence-electron chi connectivity index (χ2n) is 5.04. The largest absolute Gasteiger partial charge is 0.361 e. The Kier molecular flexibility index (Phi) is 3.50. The van der Waals surface area contributed by atoms with Gasteiger partial charge in [0, 0.05) is 6.04 Å². The normalized spacial score (nSPS) is 24.6. The molecule has 1 saturated carbocycles. The molecule has 1 N–H and O–H groups in total. The fourth-order valence-electron chi connectivity index (χ4n) is 2.58. The monoisotopic (exact) mass is 236 g/mol. The molecule has 1 aromatic heterocycles. The Hall–Kier alpha value is -1.32. The highest BCUT2D eigenvalue weighted by molar-refractivity contribution is 5.96. The average Bonchev–Trinajstić information content (AvgIpc) is 2.62. The van der Waals surface area contributed by atoms with Gasteiger partial charge in [-0.3, -0.25) is 4.79 Å². The second kappa shape index (κ2) is 4.90. The van der Waals surface area contributed by atoms with E-state index in [1.165, 1.54) is 19.3 Å². The molecule has 94 valence electrons. The van der Waals surface area contributed by atoms with E-state index in [1.54, 1.807) is 13.8 Å². The summed E-state index contributed by atoms with van der Waals surface area (Å²) in [6, 6.07) is 0.296. The third-order valence-corrected chi connectivity index (χ3v) is 3.69. The van der Waals surface area contributed by atoms with Gasteiger partial charge in [-0.25, -0.2) is 0 Å². The van der Waals surface area contributed by atoms with E-state index in [0.717, 1.165) is 6.42 Å². The van der Waals surface area contributed by atoms with Crippen LogP contribution in [0, 0.1) is 19.8 Å². The summed E-state index contributed by atoms with van der Waals surface area (Å²) < 4.78 is 5.02. The predicted octanol–water partition coefficient (Wildman–Crippen LogP) is 2.60. The van der Waals surface area contributed by atoms with E-state index in [9.17, 15) is 4.79 Å². The molecule has 17 heavy (non-hydrogen) atoms. The molecule has 1 fully saturated rings. The van der Waals surface area contributed by atoms with Gasteiger partial charge in [-0.1, -0.05) is 24.9 Å². The van der Waals surface area contributed by atoms with Crippen molar-refractivity contribution in [1.29, 1.82) is 0 Å². The van der Waals surface area contributed by atoms with Crippen molar-refractivity contribution in [2.24, 2.45) is 5.92 Å². The van der Waals surface area contributed by atoms with Gasteiger partial charge in [0.2, 0.25) is 0 Å². The molecule has 0 unspecified atom stereocenters. The molecule has 1 aliphatic carbocycles. The average molecular weight is 236 g/mol. The first-order chi connectivity index (χ1) is 8.09. The number of nitrogens with zero attached hydrogens (tertiary/aromatic N) is 1. The minimum absolute atomic E-state index is 0.0417. The summed E-state index contributed by atoms with van der Waals surface area (Å²) in [6.07, 6.45) is 4.76. The maximum absolute atomic E-state index is 12.2. The number of amides is 1. The second-order valence-corrected chi connectivity index (χ2v) is 5.04. The Morgan fingerprint density at radius 1 is 1.35 bits per heavy atom. The van der Waals surface area contributed by atoms with Crippen LogP contribution in [0.15, 0.2) is 4.52 Å². The number of hydrogen-bond acceptors (Lipinski definition) is 3. The van der Waals surface area contributed by atoms with Crippen LogP contribution in [0.1, 0.15) is 54.4 Å². The quantitative estimate of drug-likeness (QED) is 0.858. The zero-order valence-electron chi connectivity index (χ0n) is 10.7. The summed E-state index contributed by atoms with van der Waals surface area (Å²) in [7, 11) is 0. The van der Waals surface area contributed by atoms with E-state index in [0.29, 0.717) is 29.0 Å². The topological polar surface area (TPSA) is 55.1 Å². The van der Waals surface area contributed by atoms with E-state index in [2.05, 4.69) is 17.4 Å². The third-order valence-electron chi connectivity index (χ3n) is 3.69. The minimum atomic E-state index is -0.0417. The van der Waals surface area contributed by atoms with Crippen molar-refractivity contribution < 1.29 is 9.32 Å². The number of nitrogens with one attached hydrogen (secondary N) is 1. The van der Waals surface area contributed by atoms with Crippen LogP contribution in [0.2, 0.25) is 0 Å². The molecule has 0 aliphatic heterocycles. The van der Waals surface area contributed by atoms with Gasteiger partial charge in [-0.15, -0.1) is 0 Å². The van der Waals surface area contributed by atoms with Crippen LogP contribution in [0.3, 0.4) is 0 Å². The summed E-state index contributed by atoms with van der Waals surface area (Å²) in [4.78, 5) is 12.2. The highest BCUT2D eigenvalue weighted by Crippen LogP contribution is 2.24. The Balaban J connectivity index is 2.06. The van der Waals surface area contributed by atoms with Crippen LogP contribution in [-0.2, 0) is 0 Å². The predicted molar refractivity (Wildman–Crippen MR) is 64.9 cm³/mol. The van der Waals surface area contributed by atoms with Gasteiger partial charge in [0.1, 0.15) is 11.3 Å². The number of rotatable bonds is 2. The smallest absolute Gasteiger partial charge is 0.257 e. The van der Waals surface area contributed by atoms with Gasteiger partial charge >= 0.3 is 0 Å².